The third kappa shape index (κ3) is 2.77. The minimum absolute atomic E-state index is 0.405. The largest absolute Gasteiger partial charge is 0.491 e. The number of allylic oxidation sites excluding steroid dienone is 2. The van der Waals surface area contributed by atoms with Crippen LogP contribution in [0, 0.1) is 5.92 Å². The Hall–Kier alpha value is -1.78. The van der Waals surface area contributed by atoms with Gasteiger partial charge in [-0.2, -0.15) is 0 Å². The van der Waals surface area contributed by atoms with Crippen molar-refractivity contribution in [2.75, 3.05) is 25.6 Å². The standard InChI is InChI=1S/C19H21NO2S/c1-21-9-10-22-13-7-8-17-16(12-13)14-4-2-5-15(14)19(20-17)18-6-3-11-23-18/h2-4,6-8,11-12,14-15,19-20H,5,9-10H2,1H3. The summed E-state index contributed by atoms with van der Waals surface area (Å²) in [6.45, 7) is 1.20. The number of thiophene rings is 1. The van der Waals surface area contributed by atoms with Gasteiger partial charge in [0, 0.05) is 23.6 Å². The minimum Gasteiger partial charge on any atom is -0.491 e. The number of anilines is 1. The number of hydrogen-bond donors (Lipinski definition) is 1. The van der Waals surface area contributed by atoms with Crippen molar-refractivity contribution in [3.8, 4) is 5.75 Å². The Labute approximate surface area is 140 Å². The molecule has 2 aromatic rings. The van der Waals surface area contributed by atoms with E-state index in [1.54, 1.807) is 7.11 Å². The second-order valence-electron chi connectivity index (χ2n) is 6.08. The summed E-state index contributed by atoms with van der Waals surface area (Å²) < 4.78 is 10.8. The van der Waals surface area contributed by atoms with E-state index in [-0.39, 0.29) is 0 Å². The second-order valence-corrected chi connectivity index (χ2v) is 7.06. The van der Waals surface area contributed by atoms with Gasteiger partial charge in [0.2, 0.25) is 0 Å². The summed E-state index contributed by atoms with van der Waals surface area (Å²) in [6.07, 6.45) is 5.82. The predicted molar refractivity (Wildman–Crippen MR) is 94.5 cm³/mol. The fourth-order valence-corrected chi connectivity index (χ4v) is 4.51. The topological polar surface area (TPSA) is 30.5 Å². The first-order valence-corrected chi connectivity index (χ1v) is 8.97. The third-order valence-corrected chi connectivity index (χ3v) is 5.70. The van der Waals surface area contributed by atoms with Crippen LogP contribution in [0.15, 0.2) is 47.9 Å². The number of nitrogens with one attached hydrogen (secondary N) is 1. The fourth-order valence-electron chi connectivity index (χ4n) is 3.65. The average Bonchev–Trinajstić information content (AvgIpc) is 3.26. The molecule has 0 amide bonds. The lowest BCUT2D eigenvalue weighted by atomic mass is 9.79. The summed E-state index contributed by atoms with van der Waals surface area (Å²) in [7, 11) is 1.69. The Balaban J connectivity index is 1.63. The maximum atomic E-state index is 5.79. The molecule has 0 bridgehead atoms. The highest BCUT2D eigenvalue weighted by atomic mass is 32.1. The minimum atomic E-state index is 0.405. The molecule has 3 atom stereocenters. The summed E-state index contributed by atoms with van der Waals surface area (Å²) in [4.78, 5) is 1.43. The molecule has 23 heavy (non-hydrogen) atoms. The number of benzene rings is 1. The Kier molecular flexibility index (Phi) is 4.10. The molecule has 4 heteroatoms. The van der Waals surface area contributed by atoms with E-state index in [2.05, 4.69) is 47.1 Å². The zero-order valence-corrected chi connectivity index (χ0v) is 14.0. The van der Waals surface area contributed by atoms with Crippen LogP contribution in [0.5, 0.6) is 5.75 Å². The molecule has 1 aliphatic heterocycles. The lowest BCUT2D eigenvalue weighted by Gasteiger charge is -2.37. The summed E-state index contributed by atoms with van der Waals surface area (Å²) in [5, 5.41) is 5.92. The molecular formula is C19H21NO2S. The first kappa shape index (κ1) is 14.8. The Morgan fingerprint density at radius 3 is 3.04 bits per heavy atom. The van der Waals surface area contributed by atoms with Gasteiger partial charge in [0.25, 0.3) is 0 Å². The number of hydrogen-bond acceptors (Lipinski definition) is 4. The van der Waals surface area contributed by atoms with Crippen LogP contribution in [-0.4, -0.2) is 20.3 Å². The molecule has 4 rings (SSSR count). The number of fused-ring (bicyclic) bond motifs is 3. The van der Waals surface area contributed by atoms with Gasteiger partial charge in [-0.15, -0.1) is 11.3 Å². The van der Waals surface area contributed by atoms with Crippen molar-refractivity contribution in [2.45, 2.75) is 18.4 Å². The van der Waals surface area contributed by atoms with Crippen LogP contribution in [0.3, 0.4) is 0 Å². The SMILES string of the molecule is COCCOc1ccc2c(c1)C1C=CCC1C(c1cccs1)N2. The zero-order chi connectivity index (χ0) is 15.6. The van der Waals surface area contributed by atoms with Gasteiger partial charge in [-0.25, -0.2) is 0 Å². The first-order valence-electron chi connectivity index (χ1n) is 8.09. The molecule has 1 N–H and O–H groups in total. The van der Waals surface area contributed by atoms with Gasteiger partial charge < -0.3 is 14.8 Å². The predicted octanol–water partition coefficient (Wildman–Crippen LogP) is 4.60. The second kappa shape index (κ2) is 6.38. The van der Waals surface area contributed by atoms with E-state index in [1.807, 2.05) is 17.4 Å². The van der Waals surface area contributed by atoms with Gasteiger partial charge in [-0.05, 0) is 47.5 Å². The van der Waals surface area contributed by atoms with Crippen molar-refractivity contribution in [1.82, 2.24) is 0 Å². The average molecular weight is 327 g/mol. The third-order valence-electron chi connectivity index (χ3n) is 4.74. The maximum absolute atomic E-state index is 5.79. The van der Waals surface area contributed by atoms with Gasteiger partial charge >= 0.3 is 0 Å². The fraction of sp³-hybridized carbons (Fsp3) is 0.368. The molecule has 2 heterocycles. The molecule has 0 fully saturated rings. The van der Waals surface area contributed by atoms with E-state index in [9.17, 15) is 0 Å². The monoisotopic (exact) mass is 327 g/mol. The molecule has 0 spiro atoms. The molecule has 0 saturated heterocycles. The van der Waals surface area contributed by atoms with Crippen molar-refractivity contribution in [3.05, 3.63) is 58.3 Å². The number of methoxy groups -OCH3 is 1. The Morgan fingerprint density at radius 1 is 1.26 bits per heavy atom. The van der Waals surface area contributed by atoms with E-state index in [4.69, 9.17) is 9.47 Å². The van der Waals surface area contributed by atoms with Crippen LogP contribution in [-0.2, 0) is 4.74 Å². The quantitative estimate of drug-likeness (QED) is 0.643. The van der Waals surface area contributed by atoms with Crippen molar-refractivity contribution in [1.29, 1.82) is 0 Å². The van der Waals surface area contributed by atoms with Gasteiger partial charge in [-0.1, -0.05) is 18.2 Å². The van der Waals surface area contributed by atoms with Gasteiger partial charge in [0.15, 0.2) is 0 Å². The van der Waals surface area contributed by atoms with Crippen molar-refractivity contribution < 1.29 is 9.47 Å². The highest BCUT2D eigenvalue weighted by molar-refractivity contribution is 7.10. The van der Waals surface area contributed by atoms with Gasteiger partial charge in [0.05, 0.1) is 12.6 Å². The van der Waals surface area contributed by atoms with E-state index in [1.165, 1.54) is 16.1 Å². The zero-order valence-electron chi connectivity index (χ0n) is 13.2. The number of rotatable bonds is 5. The summed E-state index contributed by atoms with van der Waals surface area (Å²) in [6, 6.07) is 11.2. The van der Waals surface area contributed by atoms with Gasteiger partial charge in [0.1, 0.15) is 12.4 Å². The maximum Gasteiger partial charge on any atom is 0.119 e. The molecule has 0 saturated carbocycles. The first-order chi connectivity index (χ1) is 11.4. The molecule has 1 aromatic heterocycles. The summed E-state index contributed by atoms with van der Waals surface area (Å²) in [5.74, 6) is 2.00. The van der Waals surface area contributed by atoms with Crippen LogP contribution in [0.25, 0.3) is 0 Å². The lowest BCUT2D eigenvalue weighted by Crippen LogP contribution is -2.28. The molecule has 1 aromatic carbocycles. The smallest absolute Gasteiger partial charge is 0.119 e. The van der Waals surface area contributed by atoms with Crippen LogP contribution in [0.4, 0.5) is 5.69 Å². The molecular weight excluding hydrogens is 306 g/mol. The lowest BCUT2D eigenvalue weighted by molar-refractivity contribution is 0.146. The normalized spacial score (nSPS) is 24.8. The highest BCUT2D eigenvalue weighted by Gasteiger charge is 2.38. The molecule has 0 radical (unpaired) electrons. The van der Waals surface area contributed by atoms with Crippen LogP contribution >= 0.6 is 11.3 Å². The molecule has 3 nitrogen and oxygen atoms in total. The van der Waals surface area contributed by atoms with Crippen molar-refractivity contribution >= 4 is 17.0 Å². The molecule has 120 valence electrons. The van der Waals surface area contributed by atoms with Gasteiger partial charge in [-0.3, -0.25) is 0 Å². The highest BCUT2D eigenvalue weighted by Crippen LogP contribution is 2.51. The van der Waals surface area contributed by atoms with E-state index in [0.29, 0.717) is 31.1 Å². The molecule has 2 aliphatic rings. The molecule has 3 unspecified atom stereocenters. The Bertz CT molecular complexity index is 695. The van der Waals surface area contributed by atoms with Crippen LogP contribution in [0.2, 0.25) is 0 Å². The van der Waals surface area contributed by atoms with E-state index < -0.39 is 0 Å². The Morgan fingerprint density at radius 2 is 2.22 bits per heavy atom. The van der Waals surface area contributed by atoms with Crippen LogP contribution < -0.4 is 10.1 Å². The van der Waals surface area contributed by atoms with Crippen molar-refractivity contribution in [3.63, 3.8) is 0 Å². The van der Waals surface area contributed by atoms with E-state index in [0.717, 1.165) is 12.2 Å². The van der Waals surface area contributed by atoms with E-state index >= 15 is 0 Å². The van der Waals surface area contributed by atoms with Crippen LogP contribution in [0.1, 0.15) is 28.8 Å². The summed E-state index contributed by atoms with van der Waals surface area (Å²) in [5.41, 5.74) is 2.58. The van der Waals surface area contributed by atoms with Crippen molar-refractivity contribution in [2.24, 2.45) is 5.92 Å². The molecule has 1 aliphatic carbocycles. The summed E-state index contributed by atoms with van der Waals surface area (Å²) >= 11 is 1.84. The number of ether oxygens (including phenoxy) is 2.